The monoisotopic (exact) mass is 240 g/mol. The van der Waals surface area contributed by atoms with E-state index in [2.05, 4.69) is 18.3 Å². The molecule has 0 saturated heterocycles. The number of nitrogens with one attached hydrogen (secondary N) is 1. The maximum absolute atomic E-state index is 12.3. The standard InChI is InChI=1S/C15H16N2O/c1-9-8-17-13-7-6-12(16)15(18)14(13)11-5-3-2-4-10(9)11/h2-7,9,12,17H,8,16H2,1H3. The van der Waals surface area contributed by atoms with Gasteiger partial charge in [-0.3, -0.25) is 4.79 Å². The molecule has 2 unspecified atom stereocenters. The van der Waals surface area contributed by atoms with Crippen molar-refractivity contribution in [3.63, 3.8) is 0 Å². The molecule has 1 aromatic rings. The van der Waals surface area contributed by atoms with E-state index < -0.39 is 6.04 Å². The van der Waals surface area contributed by atoms with Crippen LogP contribution in [0.3, 0.4) is 0 Å². The summed E-state index contributed by atoms with van der Waals surface area (Å²) in [6.07, 6.45) is 3.68. The van der Waals surface area contributed by atoms with Crippen LogP contribution < -0.4 is 11.1 Å². The van der Waals surface area contributed by atoms with Crippen LogP contribution in [-0.2, 0) is 4.79 Å². The maximum Gasteiger partial charge on any atom is 0.186 e. The molecule has 92 valence electrons. The SMILES string of the molecule is CC1CNC2=C(C(=O)C(N)C=C2)c2ccccc21. The Bertz CT molecular complexity index is 572. The maximum atomic E-state index is 12.3. The van der Waals surface area contributed by atoms with E-state index in [1.54, 1.807) is 6.08 Å². The van der Waals surface area contributed by atoms with Crippen LogP contribution in [0.4, 0.5) is 0 Å². The Hall–Kier alpha value is -1.87. The largest absolute Gasteiger partial charge is 0.384 e. The summed E-state index contributed by atoms with van der Waals surface area (Å²) in [5.41, 5.74) is 9.71. The van der Waals surface area contributed by atoms with E-state index >= 15 is 0 Å². The molecule has 0 fully saturated rings. The molecule has 18 heavy (non-hydrogen) atoms. The molecule has 1 aromatic carbocycles. The van der Waals surface area contributed by atoms with E-state index in [4.69, 9.17) is 5.73 Å². The first-order chi connectivity index (χ1) is 8.68. The second-order valence-electron chi connectivity index (χ2n) is 4.91. The third-order valence-electron chi connectivity index (χ3n) is 3.65. The van der Waals surface area contributed by atoms with Gasteiger partial charge >= 0.3 is 0 Å². The molecule has 0 amide bonds. The number of carbonyl (C=O) groups excluding carboxylic acids is 1. The Morgan fingerprint density at radius 2 is 2.11 bits per heavy atom. The van der Waals surface area contributed by atoms with Crippen molar-refractivity contribution in [2.45, 2.75) is 18.9 Å². The lowest BCUT2D eigenvalue weighted by atomic mass is 9.87. The van der Waals surface area contributed by atoms with Gasteiger partial charge in [0.05, 0.1) is 11.6 Å². The first-order valence-corrected chi connectivity index (χ1v) is 6.24. The molecule has 2 aliphatic rings. The second kappa shape index (κ2) is 4.10. The predicted molar refractivity (Wildman–Crippen MR) is 71.9 cm³/mol. The average Bonchev–Trinajstić information content (AvgIpc) is 2.53. The summed E-state index contributed by atoms with van der Waals surface area (Å²) in [6.45, 7) is 3.00. The summed E-state index contributed by atoms with van der Waals surface area (Å²) in [7, 11) is 0. The zero-order chi connectivity index (χ0) is 12.7. The Labute approximate surface area is 106 Å². The summed E-state index contributed by atoms with van der Waals surface area (Å²) >= 11 is 0. The number of rotatable bonds is 0. The molecule has 1 aliphatic carbocycles. The highest BCUT2D eigenvalue weighted by Crippen LogP contribution is 2.33. The lowest BCUT2D eigenvalue weighted by Gasteiger charge is -2.18. The summed E-state index contributed by atoms with van der Waals surface area (Å²) in [6, 6.07) is 7.57. The molecular weight excluding hydrogens is 224 g/mol. The van der Waals surface area contributed by atoms with E-state index in [0.717, 1.165) is 23.4 Å². The first kappa shape index (κ1) is 11.2. The molecule has 3 N–H and O–H groups in total. The molecule has 1 aliphatic heterocycles. The molecule has 3 nitrogen and oxygen atoms in total. The number of nitrogens with two attached hydrogens (primary N) is 1. The molecule has 0 aromatic heterocycles. The van der Waals surface area contributed by atoms with Gasteiger partial charge in [-0.05, 0) is 23.1 Å². The van der Waals surface area contributed by atoms with Crippen molar-refractivity contribution in [3.05, 3.63) is 53.2 Å². The van der Waals surface area contributed by atoms with E-state index in [9.17, 15) is 4.79 Å². The number of benzene rings is 1. The minimum absolute atomic E-state index is 0.00144. The van der Waals surface area contributed by atoms with E-state index in [-0.39, 0.29) is 5.78 Å². The van der Waals surface area contributed by atoms with Crippen LogP contribution in [-0.4, -0.2) is 18.4 Å². The van der Waals surface area contributed by atoms with Gasteiger partial charge in [0.1, 0.15) is 0 Å². The molecule has 3 rings (SSSR count). The quantitative estimate of drug-likeness (QED) is 0.723. The van der Waals surface area contributed by atoms with Gasteiger partial charge in [-0.15, -0.1) is 0 Å². The van der Waals surface area contributed by atoms with Crippen molar-refractivity contribution in [2.24, 2.45) is 5.73 Å². The van der Waals surface area contributed by atoms with Crippen molar-refractivity contribution >= 4 is 11.4 Å². The molecule has 0 saturated carbocycles. The first-order valence-electron chi connectivity index (χ1n) is 6.24. The molecular formula is C15H16N2O. The Morgan fingerprint density at radius 3 is 2.94 bits per heavy atom. The zero-order valence-electron chi connectivity index (χ0n) is 10.3. The van der Waals surface area contributed by atoms with E-state index in [1.807, 2.05) is 24.3 Å². The number of carbonyl (C=O) groups is 1. The minimum Gasteiger partial charge on any atom is -0.384 e. The zero-order valence-corrected chi connectivity index (χ0v) is 10.3. The van der Waals surface area contributed by atoms with Gasteiger partial charge < -0.3 is 11.1 Å². The van der Waals surface area contributed by atoms with Crippen LogP contribution in [0.1, 0.15) is 24.0 Å². The van der Waals surface area contributed by atoms with Crippen LogP contribution in [0.2, 0.25) is 0 Å². The normalized spacial score (nSPS) is 26.2. The fourth-order valence-electron chi connectivity index (χ4n) is 2.62. The summed E-state index contributed by atoms with van der Waals surface area (Å²) in [5, 5.41) is 3.35. The van der Waals surface area contributed by atoms with Gasteiger partial charge in [-0.1, -0.05) is 37.3 Å². The second-order valence-corrected chi connectivity index (χ2v) is 4.91. The third kappa shape index (κ3) is 1.59. The molecule has 0 bridgehead atoms. The fraction of sp³-hybridized carbons (Fsp3) is 0.267. The average molecular weight is 240 g/mol. The van der Waals surface area contributed by atoms with Crippen LogP contribution in [0.5, 0.6) is 0 Å². The Kier molecular flexibility index (Phi) is 2.56. The number of hydrogen-bond donors (Lipinski definition) is 2. The highest BCUT2D eigenvalue weighted by Gasteiger charge is 2.29. The molecule has 1 heterocycles. The van der Waals surface area contributed by atoms with Crippen molar-refractivity contribution in [3.8, 4) is 0 Å². The van der Waals surface area contributed by atoms with Gasteiger partial charge in [0.2, 0.25) is 0 Å². The lowest BCUT2D eigenvalue weighted by molar-refractivity contribution is -0.114. The van der Waals surface area contributed by atoms with Crippen molar-refractivity contribution in [1.29, 1.82) is 0 Å². The van der Waals surface area contributed by atoms with Crippen LogP contribution in [0.25, 0.3) is 5.57 Å². The number of allylic oxidation sites excluding steroid dienone is 1. The van der Waals surface area contributed by atoms with Gasteiger partial charge in [0.15, 0.2) is 5.78 Å². The Morgan fingerprint density at radius 1 is 1.33 bits per heavy atom. The van der Waals surface area contributed by atoms with Crippen LogP contribution in [0.15, 0.2) is 42.1 Å². The highest BCUT2D eigenvalue weighted by molar-refractivity contribution is 6.26. The molecule has 3 heteroatoms. The van der Waals surface area contributed by atoms with E-state index in [0.29, 0.717) is 5.92 Å². The van der Waals surface area contributed by atoms with E-state index in [1.165, 1.54) is 5.56 Å². The van der Waals surface area contributed by atoms with Crippen LogP contribution in [0, 0.1) is 0 Å². The number of Topliss-reactive ketones (excluding diaryl/α,β-unsaturated/α-hetero) is 1. The minimum atomic E-state index is -0.521. The topological polar surface area (TPSA) is 55.1 Å². The molecule has 0 spiro atoms. The highest BCUT2D eigenvalue weighted by atomic mass is 16.1. The smallest absolute Gasteiger partial charge is 0.186 e. The number of fused-ring (bicyclic) bond motifs is 2. The fourth-order valence-corrected chi connectivity index (χ4v) is 2.62. The van der Waals surface area contributed by atoms with Crippen molar-refractivity contribution < 1.29 is 4.79 Å². The summed E-state index contributed by atoms with van der Waals surface area (Å²) < 4.78 is 0. The van der Waals surface area contributed by atoms with Gasteiger partial charge in [-0.25, -0.2) is 0 Å². The third-order valence-corrected chi connectivity index (χ3v) is 3.65. The van der Waals surface area contributed by atoms with Gasteiger partial charge in [0, 0.05) is 12.2 Å². The van der Waals surface area contributed by atoms with Crippen molar-refractivity contribution in [1.82, 2.24) is 5.32 Å². The molecule has 0 radical (unpaired) electrons. The van der Waals surface area contributed by atoms with Crippen molar-refractivity contribution in [2.75, 3.05) is 6.54 Å². The molecule has 2 atom stereocenters. The summed E-state index contributed by atoms with van der Waals surface area (Å²) in [5.74, 6) is 0.380. The predicted octanol–water partition coefficient (Wildman–Crippen LogP) is 1.57. The lowest BCUT2D eigenvalue weighted by Crippen LogP contribution is -2.33. The Balaban J connectivity index is 2.24. The number of hydrogen-bond acceptors (Lipinski definition) is 3. The van der Waals surface area contributed by atoms with Gasteiger partial charge in [0.25, 0.3) is 0 Å². The van der Waals surface area contributed by atoms with Gasteiger partial charge in [-0.2, -0.15) is 0 Å². The number of ketones is 1. The summed E-state index contributed by atoms with van der Waals surface area (Å²) in [4.78, 5) is 12.3. The van der Waals surface area contributed by atoms with Crippen LogP contribution >= 0.6 is 0 Å².